The van der Waals surface area contributed by atoms with Gasteiger partial charge >= 0.3 is 5.97 Å². The summed E-state index contributed by atoms with van der Waals surface area (Å²) in [6.45, 7) is 2.13. The van der Waals surface area contributed by atoms with Crippen LogP contribution >= 0.6 is 0 Å². The molecule has 1 aromatic rings. The van der Waals surface area contributed by atoms with E-state index in [4.69, 9.17) is 5.11 Å². The number of carboxylic acid groups (broad SMARTS) is 1. The molecule has 0 aliphatic heterocycles. The van der Waals surface area contributed by atoms with Gasteiger partial charge < -0.3 is 10.4 Å². The van der Waals surface area contributed by atoms with Crippen LogP contribution in [0.5, 0.6) is 0 Å². The van der Waals surface area contributed by atoms with Crippen molar-refractivity contribution in [2.45, 2.75) is 19.9 Å². The second kappa shape index (κ2) is 5.78. The molecule has 7 nitrogen and oxygen atoms in total. The predicted molar refractivity (Wildman–Crippen MR) is 58.8 cm³/mol. The number of nitrogens with one attached hydrogen (secondary N) is 1. The lowest BCUT2D eigenvalue weighted by Gasteiger charge is -2.05. The molecule has 1 aromatic heterocycles. The maximum absolute atomic E-state index is 11.3. The number of carbonyl (C=O) groups is 2. The van der Waals surface area contributed by atoms with Gasteiger partial charge in [0.15, 0.2) is 5.69 Å². The molecule has 1 heterocycles. The Balaban J connectivity index is 2.83. The molecule has 1 amide bonds. The third-order valence-electron chi connectivity index (χ3n) is 1.95. The minimum atomic E-state index is -1.24. The van der Waals surface area contributed by atoms with Gasteiger partial charge in [0.1, 0.15) is 6.54 Å². The minimum Gasteiger partial charge on any atom is -0.476 e. The van der Waals surface area contributed by atoms with E-state index >= 15 is 0 Å². The van der Waals surface area contributed by atoms with Gasteiger partial charge in [0.05, 0.1) is 0 Å². The number of nitrogens with zero attached hydrogens (tertiary/aromatic N) is 2. The average molecular weight is 239 g/mol. The number of hydrogen-bond donors (Lipinski definition) is 2. The summed E-state index contributed by atoms with van der Waals surface area (Å²) in [6.07, 6.45) is 0.781. The van der Waals surface area contributed by atoms with Crippen LogP contribution in [0.25, 0.3) is 0 Å². The number of hydrogen-bond acceptors (Lipinski definition) is 4. The van der Waals surface area contributed by atoms with E-state index in [-0.39, 0.29) is 18.1 Å². The van der Waals surface area contributed by atoms with Crippen molar-refractivity contribution in [3.05, 3.63) is 28.2 Å². The lowest BCUT2D eigenvalue weighted by atomic mass is 10.4. The summed E-state index contributed by atoms with van der Waals surface area (Å²) in [5.74, 6) is -1.61. The van der Waals surface area contributed by atoms with Crippen LogP contribution < -0.4 is 10.9 Å². The number of aromatic nitrogens is 2. The highest BCUT2D eigenvalue weighted by molar-refractivity contribution is 5.85. The Labute approximate surface area is 97.1 Å². The molecule has 0 saturated carbocycles. The number of carbonyl (C=O) groups excluding carboxylic acids is 1. The highest BCUT2D eigenvalue weighted by atomic mass is 16.4. The first-order valence-corrected chi connectivity index (χ1v) is 5.12. The lowest BCUT2D eigenvalue weighted by Crippen LogP contribution is -2.34. The molecule has 0 saturated heterocycles. The molecular formula is C10H13N3O4. The van der Waals surface area contributed by atoms with Crippen LogP contribution in [0.1, 0.15) is 23.8 Å². The molecule has 0 unspecified atom stereocenters. The van der Waals surface area contributed by atoms with E-state index in [2.05, 4.69) is 10.4 Å². The van der Waals surface area contributed by atoms with E-state index in [9.17, 15) is 14.4 Å². The summed E-state index contributed by atoms with van der Waals surface area (Å²) >= 11 is 0. The van der Waals surface area contributed by atoms with E-state index in [0.717, 1.165) is 23.2 Å². The molecule has 92 valence electrons. The standard InChI is InChI=1S/C10H13N3O4/c1-2-5-11-8(14)6-13-9(15)4-3-7(12-13)10(16)17/h3-4H,2,5-6H2,1H3,(H,11,14)(H,16,17). The Hall–Kier alpha value is -2.18. The smallest absolute Gasteiger partial charge is 0.356 e. The van der Waals surface area contributed by atoms with E-state index in [1.807, 2.05) is 6.92 Å². The molecular weight excluding hydrogens is 226 g/mol. The maximum atomic E-state index is 11.3. The van der Waals surface area contributed by atoms with Gasteiger partial charge in [0.2, 0.25) is 5.91 Å². The first kappa shape index (κ1) is 12.9. The molecule has 0 aliphatic rings. The molecule has 0 aromatic carbocycles. The lowest BCUT2D eigenvalue weighted by molar-refractivity contribution is -0.121. The first-order chi connectivity index (χ1) is 8.04. The van der Waals surface area contributed by atoms with E-state index in [0.29, 0.717) is 6.54 Å². The SMILES string of the molecule is CCCNC(=O)Cn1nc(C(=O)O)ccc1=O. The predicted octanol–water partition coefficient (Wildman–Crippen LogP) is -0.532. The van der Waals surface area contributed by atoms with Crippen LogP contribution in [-0.4, -0.2) is 33.3 Å². The van der Waals surface area contributed by atoms with Crippen LogP contribution in [-0.2, 0) is 11.3 Å². The molecule has 0 spiro atoms. The Morgan fingerprint density at radius 2 is 2.18 bits per heavy atom. The fourth-order valence-corrected chi connectivity index (χ4v) is 1.13. The van der Waals surface area contributed by atoms with Crippen molar-refractivity contribution in [2.24, 2.45) is 0 Å². The second-order valence-electron chi connectivity index (χ2n) is 3.37. The third-order valence-corrected chi connectivity index (χ3v) is 1.95. The van der Waals surface area contributed by atoms with Gasteiger partial charge in [-0.25, -0.2) is 9.48 Å². The normalized spacial score (nSPS) is 9.94. The molecule has 7 heteroatoms. The van der Waals surface area contributed by atoms with Crippen molar-refractivity contribution in [1.29, 1.82) is 0 Å². The van der Waals surface area contributed by atoms with Gasteiger partial charge in [0, 0.05) is 12.6 Å². The number of rotatable bonds is 5. The third kappa shape index (κ3) is 3.71. The summed E-state index contributed by atoms with van der Waals surface area (Å²) in [7, 11) is 0. The van der Waals surface area contributed by atoms with Crippen LogP contribution in [0.3, 0.4) is 0 Å². The van der Waals surface area contributed by atoms with Crippen molar-refractivity contribution in [1.82, 2.24) is 15.1 Å². The van der Waals surface area contributed by atoms with Gasteiger partial charge in [-0.2, -0.15) is 5.10 Å². The number of carboxylic acids is 1. The minimum absolute atomic E-state index is 0.270. The molecule has 0 bridgehead atoms. The van der Waals surface area contributed by atoms with E-state index < -0.39 is 11.5 Å². The van der Waals surface area contributed by atoms with Gasteiger partial charge in [-0.15, -0.1) is 0 Å². The molecule has 0 fully saturated rings. The molecule has 2 N–H and O–H groups in total. The van der Waals surface area contributed by atoms with Crippen molar-refractivity contribution in [3.8, 4) is 0 Å². The van der Waals surface area contributed by atoms with E-state index in [1.54, 1.807) is 0 Å². The largest absolute Gasteiger partial charge is 0.476 e. The molecule has 0 radical (unpaired) electrons. The fourth-order valence-electron chi connectivity index (χ4n) is 1.13. The fraction of sp³-hybridized carbons (Fsp3) is 0.400. The zero-order valence-corrected chi connectivity index (χ0v) is 9.34. The summed E-state index contributed by atoms with van der Waals surface area (Å²) in [6, 6.07) is 2.18. The highest BCUT2D eigenvalue weighted by Gasteiger charge is 2.09. The Bertz CT molecular complexity index is 481. The van der Waals surface area contributed by atoms with Gasteiger partial charge in [0.25, 0.3) is 5.56 Å². The molecule has 0 atom stereocenters. The maximum Gasteiger partial charge on any atom is 0.356 e. The van der Waals surface area contributed by atoms with Crippen LogP contribution in [0.2, 0.25) is 0 Å². The van der Waals surface area contributed by atoms with Crippen molar-refractivity contribution in [3.63, 3.8) is 0 Å². The molecule has 1 rings (SSSR count). The molecule has 0 aliphatic carbocycles. The van der Waals surface area contributed by atoms with Gasteiger partial charge in [-0.3, -0.25) is 9.59 Å². The van der Waals surface area contributed by atoms with E-state index in [1.165, 1.54) is 0 Å². The zero-order valence-electron chi connectivity index (χ0n) is 9.34. The number of amides is 1. The Kier molecular flexibility index (Phi) is 4.38. The number of aromatic carboxylic acids is 1. The molecule has 17 heavy (non-hydrogen) atoms. The van der Waals surface area contributed by atoms with Crippen molar-refractivity contribution < 1.29 is 14.7 Å². The van der Waals surface area contributed by atoms with Crippen LogP contribution in [0.15, 0.2) is 16.9 Å². The van der Waals surface area contributed by atoms with Gasteiger partial charge in [-0.1, -0.05) is 6.92 Å². The first-order valence-electron chi connectivity index (χ1n) is 5.12. The Morgan fingerprint density at radius 1 is 1.47 bits per heavy atom. The second-order valence-corrected chi connectivity index (χ2v) is 3.37. The van der Waals surface area contributed by atoms with Crippen LogP contribution in [0.4, 0.5) is 0 Å². The van der Waals surface area contributed by atoms with Gasteiger partial charge in [-0.05, 0) is 12.5 Å². The zero-order chi connectivity index (χ0) is 12.8. The summed E-state index contributed by atoms with van der Waals surface area (Å²) < 4.78 is 0.828. The van der Waals surface area contributed by atoms with Crippen molar-refractivity contribution in [2.75, 3.05) is 6.54 Å². The Morgan fingerprint density at radius 3 is 2.76 bits per heavy atom. The average Bonchev–Trinajstić information content (AvgIpc) is 2.29. The summed E-state index contributed by atoms with van der Waals surface area (Å²) in [4.78, 5) is 33.3. The summed E-state index contributed by atoms with van der Waals surface area (Å²) in [5.41, 5.74) is -0.783. The topological polar surface area (TPSA) is 101 Å². The quantitative estimate of drug-likeness (QED) is 0.719. The van der Waals surface area contributed by atoms with Crippen molar-refractivity contribution >= 4 is 11.9 Å². The summed E-state index contributed by atoms with van der Waals surface area (Å²) in [5, 5.41) is 14.8. The monoisotopic (exact) mass is 239 g/mol. The van der Waals surface area contributed by atoms with Crippen LogP contribution in [0, 0.1) is 0 Å². The highest BCUT2D eigenvalue weighted by Crippen LogP contribution is 1.90.